The average molecular weight is 102 g/mol. The predicted octanol–water partition coefficient (Wildman–Crippen LogP) is 2.98. The fraction of sp³-hybridized carbons (Fsp3) is 1.00. The van der Waals surface area contributed by atoms with Crippen LogP contribution in [0.25, 0.3) is 0 Å². The molecule has 0 aromatic heterocycles. The predicted molar refractivity (Wildman–Crippen MR) is 34.4 cm³/mol. The van der Waals surface area contributed by atoms with Crippen LogP contribution >= 0.6 is 0 Å². The molecule has 0 aromatic carbocycles. The number of hydrogen-bond donors (Lipinski definition) is 0. The van der Waals surface area contributed by atoms with Gasteiger partial charge in [0.05, 0.1) is 0 Å². The molecule has 0 amide bonds. The summed E-state index contributed by atoms with van der Waals surface area (Å²) in [5, 5.41) is 0. The highest BCUT2D eigenvalue weighted by Gasteiger charge is 1.80. The molecule has 44 valence electrons. The monoisotopic (exact) mass is 102 g/mol. The van der Waals surface area contributed by atoms with Crippen molar-refractivity contribution in [2.75, 3.05) is 0 Å². The summed E-state index contributed by atoms with van der Waals surface area (Å²) >= 11 is 0. The summed E-state index contributed by atoms with van der Waals surface area (Å²) in [6.45, 7) is 1.57. The Labute approximate surface area is 49.7 Å². The minimum absolute atomic E-state index is 0.596. The molecular weight excluding hydrogens is 84.1 g/mol. The molecule has 0 rings (SSSR count). The Balaban J connectivity index is 2.75. The second-order valence-corrected chi connectivity index (χ2v) is 1.85. The summed E-state index contributed by atoms with van der Waals surface area (Å²) < 4.78 is 13.8. The van der Waals surface area contributed by atoms with Crippen molar-refractivity contribution < 1.29 is 2.74 Å². The topological polar surface area (TPSA) is 0 Å². The van der Waals surface area contributed by atoms with Crippen molar-refractivity contribution in [3.05, 3.63) is 0 Å². The quantitative estimate of drug-likeness (QED) is 0.479. The molecule has 0 aliphatic rings. The van der Waals surface area contributed by atoms with Crippen molar-refractivity contribution in [2.45, 2.75) is 45.9 Å². The highest BCUT2D eigenvalue weighted by molar-refractivity contribution is 4.35. The number of hydrogen-bond acceptors (Lipinski definition) is 0. The van der Waals surface area contributed by atoms with E-state index >= 15 is 0 Å². The van der Waals surface area contributed by atoms with Crippen molar-refractivity contribution in [1.29, 1.82) is 0 Å². The Morgan fingerprint density at radius 1 is 1.14 bits per heavy atom. The molecule has 0 saturated carbocycles. The van der Waals surface area contributed by atoms with Crippen LogP contribution in [-0.4, -0.2) is 0 Å². The molecule has 0 radical (unpaired) electrons. The first kappa shape index (κ1) is 3.94. The van der Waals surface area contributed by atoms with Crippen LogP contribution in [0.4, 0.5) is 0 Å². The largest absolute Gasteiger partial charge is 0.0654 e. The van der Waals surface area contributed by atoms with E-state index < -0.39 is 6.88 Å². The van der Waals surface area contributed by atoms with Gasteiger partial charge in [0.1, 0.15) is 0 Å². The standard InChI is InChI=1S/C7H16/c1-3-5-7-6-4-2/h3-7H2,1-2H3/i1D2. The molecule has 0 heteroatoms. The van der Waals surface area contributed by atoms with Gasteiger partial charge in [-0.15, -0.1) is 0 Å². The third kappa shape index (κ3) is 6.00. The molecule has 0 aliphatic carbocycles. The maximum atomic E-state index is 6.88. The maximum absolute atomic E-state index is 6.88. The smallest absolute Gasteiger partial charge is 0.0230 e. The number of unbranched alkanes of at least 4 members (excludes halogenated alkanes) is 3. The van der Waals surface area contributed by atoms with Gasteiger partial charge >= 0.3 is 0 Å². The molecule has 0 spiro atoms. The van der Waals surface area contributed by atoms with Crippen LogP contribution in [0.2, 0.25) is 0 Å². The summed E-state index contributed by atoms with van der Waals surface area (Å²) in [7, 11) is 0. The lowest BCUT2D eigenvalue weighted by atomic mass is 10.2. The first-order valence-electron chi connectivity index (χ1n) is 4.27. The molecular formula is C7H16. The van der Waals surface area contributed by atoms with E-state index in [4.69, 9.17) is 2.74 Å². The van der Waals surface area contributed by atoms with Crippen molar-refractivity contribution in [3.63, 3.8) is 0 Å². The Hall–Kier alpha value is 0. The van der Waals surface area contributed by atoms with Crippen LogP contribution < -0.4 is 0 Å². The summed E-state index contributed by atoms with van der Waals surface area (Å²) in [6, 6.07) is 0. The molecule has 7 heavy (non-hydrogen) atoms. The zero-order valence-electron chi connectivity index (χ0n) is 7.11. The van der Waals surface area contributed by atoms with E-state index in [-0.39, 0.29) is 0 Å². The first-order chi connectivity index (χ1) is 4.27. The van der Waals surface area contributed by atoms with Crippen LogP contribution in [0.5, 0.6) is 0 Å². The van der Waals surface area contributed by atoms with E-state index in [0.717, 1.165) is 12.8 Å². The minimum atomic E-state index is -0.596. The van der Waals surface area contributed by atoms with Crippen molar-refractivity contribution >= 4 is 0 Å². The van der Waals surface area contributed by atoms with Gasteiger partial charge in [-0.3, -0.25) is 0 Å². The summed E-state index contributed by atoms with van der Waals surface area (Å²) in [5.74, 6) is 0. The Kier molecular flexibility index (Phi) is 3.38. The van der Waals surface area contributed by atoms with Gasteiger partial charge in [0.25, 0.3) is 0 Å². The molecule has 0 aliphatic heterocycles. The Bertz CT molecular complexity index is 52.9. The lowest BCUT2D eigenvalue weighted by molar-refractivity contribution is 0.656. The molecule has 0 N–H and O–H groups in total. The minimum Gasteiger partial charge on any atom is -0.0654 e. The lowest BCUT2D eigenvalue weighted by Gasteiger charge is -1.90. The SMILES string of the molecule is [2H]C([2H])CCCCCC. The van der Waals surface area contributed by atoms with E-state index in [1.54, 1.807) is 0 Å². The first-order valence-corrected chi connectivity index (χ1v) is 3.12. The summed E-state index contributed by atoms with van der Waals surface area (Å²) in [4.78, 5) is 0. The third-order valence-corrected chi connectivity index (χ3v) is 1.06. The molecule has 0 heterocycles. The molecule has 0 aromatic rings. The van der Waals surface area contributed by atoms with E-state index in [0.29, 0.717) is 0 Å². The van der Waals surface area contributed by atoms with Gasteiger partial charge in [-0.2, -0.15) is 0 Å². The van der Waals surface area contributed by atoms with Crippen LogP contribution in [0.3, 0.4) is 0 Å². The highest BCUT2D eigenvalue weighted by atomic mass is 13.9. The van der Waals surface area contributed by atoms with Gasteiger partial charge < -0.3 is 0 Å². The van der Waals surface area contributed by atoms with Crippen LogP contribution in [0, 0.1) is 0 Å². The van der Waals surface area contributed by atoms with E-state index in [9.17, 15) is 0 Å². The zero-order chi connectivity index (χ0) is 7.11. The second-order valence-electron chi connectivity index (χ2n) is 1.85. The average Bonchev–Trinajstić information content (AvgIpc) is 1.80. The summed E-state index contributed by atoms with van der Waals surface area (Å²) in [5.41, 5.74) is 0. The van der Waals surface area contributed by atoms with Crippen LogP contribution in [-0.2, 0) is 0 Å². The highest BCUT2D eigenvalue weighted by Crippen LogP contribution is 2.00. The number of rotatable bonds is 4. The van der Waals surface area contributed by atoms with Crippen LogP contribution in [0.15, 0.2) is 0 Å². The molecule has 0 saturated heterocycles. The van der Waals surface area contributed by atoms with E-state index in [1.807, 2.05) is 0 Å². The maximum Gasteiger partial charge on any atom is 0.0230 e. The molecule has 0 fully saturated rings. The normalized spacial score (nSPS) is 14.0. The molecule has 0 atom stereocenters. The van der Waals surface area contributed by atoms with E-state index in [2.05, 4.69) is 6.92 Å². The van der Waals surface area contributed by atoms with Crippen molar-refractivity contribution in [2.24, 2.45) is 0 Å². The Morgan fingerprint density at radius 3 is 2.43 bits per heavy atom. The summed E-state index contributed by atoms with van der Waals surface area (Å²) in [6.07, 6.45) is 5.50. The molecule has 0 unspecified atom stereocenters. The zero-order valence-corrected chi connectivity index (χ0v) is 5.11. The van der Waals surface area contributed by atoms with Gasteiger partial charge in [0, 0.05) is 2.74 Å². The van der Waals surface area contributed by atoms with E-state index in [1.165, 1.54) is 19.3 Å². The van der Waals surface area contributed by atoms with Crippen molar-refractivity contribution in [3.8, 4) is 0 Å². The lowest BCUT2D eigenvalue weighted by Crippen LogP contribution is -1.70. The van der Waals surface area contributed by atoms with Gasteiger partial charge in [-0.05, 0) is 0 Å². The fourth-order valence-corrected chi connectivity index (χ4v) is 0.571. The van der Waals surface area contributed by atoms with Gasteiger partial charge in [-0.1, -0.05) is 45.9 Å². The Morgan fingerprint density at radius 2 is 1.86 bits per heavy atom. The second kappa shape index (κ2) is 6.00. The third-order valence-electron chi connectivity index (χ3n) is 1.06. The van der Waals surface area contributed by atoms with Gasteiger partial charge in [-0.25, -0.2) is 0 Å². The van der Waals surface area contributed by atoms with Crippen molar-refractivity contribution in [1.82, 2.24) is 0 Å². The van der Waals surface area contributed by atoms with Crippen LogP contribution in [0.1, 0.15) is 48.6 Å². The molecule has 0 bridgehead atoms. The molecule has 0 nitrogen and oxygen atoms in total. The van der Waals surface area contributed by atoms with Gasteiger partial charge in [0.15, 0.2) is 0 Å². The fourth-order valence-electron chi connectivity index (χ4n) is 0.571. The van der Waals surface area contributed by atoms with Gasteiger partial charge in [0.2, 0.25) is 0 Å².